The molecule has 0 aliphatic rings. The van der Waals surface area contributed by atoms with Crippen LogP contribution in [0.3, 0.4) is 0 Å². The number of esters is 1. The number of nitrogens with two attached hydrogens (primary N) is 1. The smallest absolute Gasteiger partial charge is 0.330 e. The molecular formula is C19H32N4O5. The predicted octanol–water partition coefficient (Wildman–Crippen LogP) is 1.94. The fraction of sp³-hybridized carbons (Fsp3) is 0.526. The van der Waals surface area contributed by atoms with Crippen LogP contribution in [0, 0.1) is 6.92 Å². The summed E-state index contributed by atoms with van der Waals surface area (Å²) in [6.45, 7) is 8.66. The normalized spacial score (nSPS) is 12.0. The van der Waals surface area contributed by atoms with Gasteiger partial charge < -0.3 is 25.4 Å². The third-order valence-corrected chi connectivity index (χ3v) is 3.37. The molecule has 0 bridgehead atoms. The quantitative estimate of drug-likeness (QED) is 0.406. The van der Waals surface area contributed by atoms with Crippen LogP contribution in [0.15, 0.2) is 18.5 Å². The van der Waals surface area contributed by atoms with Gasteiger partial charge in [-0.25, -0.2) is 14.3 Å². The summed E-state index contributed by atoms with van der Waals surface area (Å²) in [5.41, 5.74) is 8.17. The second kappa shape index (κ2) is 12.1. The molecule has 9 nitrogen and oxygen atoms in total. The lowest BCUT2D eigenvalue weighted by molar-refractivity contribution is -0.134. The molecule has 28 heavy (non-hydrogen) atoms. The van der Waals surface area contributed by atoms with Crippen molar-refractivity contribution in [2.75, 3.05) is 20.0 Å². The van der Waals surface area contributed by atoms with Crippen LogP contribution in [0.2, 0.25) is 0 Å². The number of anilines is 1. The number of fused-ring (bicyclic) bond motifs is 1. The summed E-state index contributed by atoms with van der Waals surface area (Å²) in [6.07, 6.45) is 5.90. The lowest BCUT2D eigenvalue weighted by Gasteiger charge is -2.03. The summed E-state index contributed by atoms with van der Waals surface area (Å²) in [5, 5.41) is 20.2. The molecule has 158 valence electrons. The van der Waals surface area contributed by atoms with Gasteiger partial charge in [-0.15, -0.1) is 0 Å². The first-order valence-corrected chi connectivity index (χ1v) is 8.76. The summed E-state index contributed by atoms with van der Waals surface area (Å²) in [5.74, 6) is -1.55. The number of hydrogen-bond donors (Lipinski definition) is 3. The van der Waals surface area contributed by atoms with Gasteiger partial charge in [0.25, 0.3) is 0 Å². The Kier molecular flexibility index (Phi) is 11.0. The maximum absolute atomic E-state index is 11.0. The number of nitrogens with zero attached hydrogens (tertiary/aromatic N) is 3. The van der Waals surface area contributed by atoms with E-state index in [1.807, 2.05) is 13.0 Å². The largest absolute Gasteiger partial charge is 0.466 e. The molecule has 2 rings (SSSR count). The number of aromatic nitrogens is 3. The zero-order valence-electron chi connectivity index (χ0n) is 17.6. The number of rotatable bonds is 4. The zero-order chi connectivity index (χ0) is 21.9. The van der Waals surface area contributed by atoms with Gasteiger partial charge in [0.05, 0.1) is 13.2 Å². The maximum atomic E-state index is 11.0. The summed E-state index contributed by atoms with van der Waals surface area (Å²) in [7, 11) is 3.06. The molecule has 2 aromatic rings. The Balaban J connectivity index is 0.000000550. The minimum absolute atomic E-state index is 0.373. The van der Waals surface area contributed by atoms with E-state index in [4.69, 9.17) is 20.7 Å². The van der Waals surface area contributed by atoms with Gasteiger partial charge in [0.1, 0.15) is 11.8 Å². The van der Waals surface area contributed by atoms with E-state index in [2.05, 4.69) is 28.7 Å². The topological polar surface area (TPSA) is 132 Å². The number of methoxy groups -OCH3 is 2. The van der Waals surface area contributed by atoms with E-state index in [1.54, 1.807) is 17.7 Å². The second-order valence-electron chi connectivity index (χ2n) is 6.45. The van der Waals surface area contributed by atoms with E-state index < -0.39 is 11.8 Å². The predicted molar refractivity (Wildman–Crippen MR) is 108 cm³/mol. The van der Waals surface area contributed by atoms with Gasteiger partial charge in [-0.1, -0.05) is 6.92 Å². The van der Waals surface area contributed by atoms with Gasteiger partial charge in [-0.05, 0) is 46.3 Å². The molecule has 0 aromatic carbocycles. The van der Waals surface area contributed by atoms with Crippen LogP contribution in [0.4, 0.5) is 5.82 Å². The minimum atomic E-state index is -1.50. The summed E-state index contributed by atoms with van der Waals surface area (Å²) < 4.78 is 11.1. The molecule has 0 aliphatic carbocycles. The molecule has 2 heterocycles. The van der Waals surface area contributed by atoms with Gasteiger partial charge in [-0.3, -0.25) is 0 Å². The molecule has 0 aliphatic heterocycles. The van der Waals surface area contributed by atoms with Gasteiger partial charge in [0, 0.05) is 24.4 Å². The molecule has 2 aromatic heterocycles. The standard InChI is InChI=1S/C11H12N4O2.C5H12O.C3H8O2/c1-7-5-8(3-4-9(16)17-2)10-11(12)13-6-14-15(7)10;1-4-5(2)6-3;1-3(2,4)5/h3-6H,1-2H3,(H2,12,13,14);5H,4H2,1-3H3;4-5H,1-2H3/b4-3+;;. The molecule has 0 saturated heterocycles. The number of aliphatic hydroxyl groups is 2. The number of nitrogen functional groups attached to an aromatic ring is 1. The molecule has 1 atom stereocenters. The summed E-state index contributed by atoms with van der Waals surface area (Å²) in [4.78, 5) is 15.0. The second-order valence-corrected chi connectivity index (χ2v) is 6.45. The molecule has 0 spiro atoms. The minimum Gasteiger partial charge on any atom is -0.466 e. The monoisotopic (exact) mass is 396 g/mol. The average molecular weight is 396 g/mol. The number of aryl methyl sites for hydroxylation is 1. The van der Waals surface area contributed by atoms with Crippen molar-refractivity contribution in [1.82, 2.24) is 14.6 Å². The molecule has 9 heteroatoms. The Hall–Kier alpha value is -2.49. The highest BCUT2D eigenvalue weighted by Gasteiger charge is 2.09. The number of carbonyl (C=O) groups is 1. The highest BCUT2D eigenvalue weighted by atomic mass is 16.5. The molecule has 0 amide bonds. The van der Waals surface area contributed by atoms with Gasteiger partial charge >= 0.3 is 5.97 Å². The van der Waals surface area contributed by atoms with Crippen LogP contribution < -0.4 is 5.73 Å². The van der Waals surface area contributed by atoms with Crippen molar-refractivity contribution >= 4 is 23.4 Å². The van der Waals surface area contributed by atoms with Crippen LogP contribution >= 0.6 is 0 Å². The Morgan fingerprint density at radius 3 is 2.39 bits per heavy atom. The van der Waals surface area contributed by atoms with E-state index in [-0.39, 0.29) is 0 Å². The van der Waals surface area contributed by atoms with E-state index >= 15 is 0 Å². The highest BCUT2D eigenvalue weighted by molar-refractivity contribution is 5.90. The van der Waals surface area contributed by atoms with Crippen molar-refractivity contribution < 1.29 is 24.5 Å². The molecular weight excluding hydrogens is 364 g/mol. The van der Waals surface area contributed by atoms with E-state index in [1.165, 1.54) is 33.4 Å². The fourth-order valence-electron chi connectivity index (χ4n) is 1.78. The van der Waals surface area contributed by atoms with E-state index in [0.717, 1.165) is 17.7 Å². The summed E-state index contributed by atoms with van der Waals surface area (Å²) >= 11 is 0. The Morgan fingerprint density at radius 2 is 1.96 bits per heavy atom. The highest BCUT2D eigenvalue weighted by Crippen LogP contribution is 2.20. The Bertz CT molecular complexity index is 756. The lowest BCUT2D eigenvalue weighted by atomic mass is 10.2. The number of hydrogen-bond acceptors (Lipinski definition) is 8. The van der Waals surface area contributed by atoms with Crippen molar-refractivity contribution in [3.05, 3.63) is 29.7 Å². The average Bonchev–Trinajstić information content (AvgIpc) is 2.95. The van der Waals surface area contributed by atoms with Crippen molar-refractivity contribution in [1.29, 1.82) is 0 Å². The Morgan fingerprint density at radius 1 is 1.39 bits per heavy atom. The fourth-order valence-corrected chi connectivity index (χ4v) is 1.78. The summed E-state index contributed by atoms with van der Waals surface area (Å²) in [6, 6.07) is 1.87. The SMILES string of the molecule is CC(C)(O)O.CCC(C)OC.COC(=O)/C=C/c1cc(C)n2ncnc(N)c12. The third-order valence-electron chi connectivity index (χ3n) is 3.37. The van der Waals surface area contributed by atoms with Crippen LogP contribution in [0.25, 0.3) is 11.6 Å². The molecule has 1 unspecified atom stereocenters. The van der Waals surface area contributed by atoms with Crippen LogP contribution in [-0.4, -0.2) is 56.9 Å². The van der Waals surface area contributed by atoms with Crippen molar-refractivity contribution in [2.45, 2.75) is 52.9 Å². The molecule has 0 fully saturated rings. The maximum Gasteiger partial charge on any atom is 0.330 e. The Labute approximate surface area is 165 Å². The van der Waals surface area contributed by atoms with Gasteiger partial charge in [0.2, 0.25) is 0 Å². The number of carbonyl (C=O) groups excluding carboxylic acids is 1. The molecule has 0 saturated carbocycles. The van der Waals surface area contributed by atoms with Crippen LogP contribution in [0.5, 0.6) is 0 Å². The van der Waals surface area contributed by atoms with Gasteiger partial charge in [0.15, 0.2) is 11.6 Å². The molecule has 0 radical (unpaired) electrons. The first-order chi connectivity index (χ1) is 12.9. The van der Waals surface area contributed by atoms with Crippen molar-refractivity contribution in [2.24, 2.45) is 0 Å². The lowest BCUT2D eigenvalue weighted by Crippen LogP contribution is -2.15. The van der Waals surface area contributed by atoms with E-state index in [0.29, 0.717) is 17.4 Å². The number of ether oxygens (including phenoxy) is 2. The van der Waals surface area contributed by atoms with Crippen LogP contribution in [-0.2, 0) is 14.3 Å². The first-order valence-electron chi connectivity index (χ1n) is 8.76. The van der Waals surface area contributed by atoms with Crippen LogP contribution in [0.1, 0.15) is 45.4 Å². The van der Waals surface area contributed by atoms with E-state index in [9.17, 15) is 4.79 Å². The van der Waals surface area contributed by atoms with Crippen molar-refractivity contribution in [3.8, 4) is 0 Å². The van der Waals surface area contributed by atoms with Crippen molar-refractivity contribution in [3.63, 3.8) is 0 Å². The first kappa shape index (κ1) is 25.5. The zero-order valence-corrected chi connectivity index (χ0v) is 17.6. The third kappa shape index (κ3) is 10.0. The van der Waals surface area contributed by atoms with Gasteiger partial charge in [-0.2, -0.15) is 5.10 Å². The molecule has 4 N–H and O–H groups in total.